The molecule has 0 fully saturated rings. The molecule has 0 unspecified atom stereocenters. The molecule has 110 valence electrons. The van der Waals surface area contributed by atoms with Crippen molar-refractivity contribution in [3.63, 3.8) is 0 Å². The zero-order valence-corrected chi connectivity index (χ0v) is 12.4. The van der Waals surface area contributed by atoms with Gasteiger partial charge in [0.1, 0.15) is 12.0 Å². The summed E-state index contributed by atoms with van der Waals surface area (Å²) in [6.07, 6.45) is 3.57. The standard InChI is InChI=1S/C17H17N5/c1-2-21-15-9-4-3-8-14(15)16-17(21)19-12-20-22(16)11-13-7-5-6-10-18-13/h3-10,12H,2,11H2,1H3,(H,19,20). The van der Waals surface area contributed by atoms with Crippen LogP contribution in [0, 0.1) is 0 Å². The summed E-state index contributed by atoms with van der Waals surface area (Å²) in [5, 5.41) is 3.32. The quantitative estimate of drug-likeness (QED) is 0.805. The van der Waals surface area contributed by atoms with E-state index in [1.54, 1.807) is 6.34 Å². The van der Waals surface area contributed by atoms with Gasteiger partial charge in [-0.25, -0.2) is 4.99 Å². The van der Waals surface area contributed by atoms with Gasteiger partial charge in [0.2, 0.25) is 0 Å². The molecule has 0 saturated carbocycles. The summed E-state index contributed by atoms with van der Waals surface area (Å²) in [5.74, 6) is 0.999. The van der Waals surface area contributed by atoms with Crippen molar-refractivity contribution < 1.29 is 0 Å². The van der Waals surface area contributed by atoms with Gasteiger partial charge in [-0.05, 0) is 25.1 Å². The predicted molar refractivity (Wildman–Crippen MR) is 89.3 cm³/mol. The predicted octanol–water partition coefficient (Wildman–Crippen LogP) is 3.24. The highest BCUT2D eigenvalue weighted by Gasteiger charge is 2.23. The van der Waals surface area contributed by atoms with Gasteiger partial charge in [-0.15, -0.1) is 0 Å². The van der Waals surface area contributed by atoms with Crippen LogP contribution in [0.15, 0.2) is 53.7 Å². The number of aromatic nitrogens is 2. The van der Waals surface area contributed by atoms with Crippen molar-refractivity contribution in [1.29, 1.82) is 0 Å². The fourth-order valence-electron chi connectivity index (χ4n) is 2.99. The summed E-state index contributed by atoms with van der Waals surface area (Å²) in [6.45, 7) is 3.73. The number of aliphatic imine (C=N–C) groups is 1. The van der Waals surface area contributed by atoms with Crippen molar-refractivity contribution in [1.82, 2.24) is 15.0 Å². The van der Waals surface area contributed by atoms with Gasteiger partial charge in [0, 0.05) is 18.1 Å². The number of rotatable bonds is 3. The third-order valence-electron chi connectivity index (χ3n) is 3.95. The van der Waals surface area contributed by atoms with Crippen molar-refractivity contribution in [2.45, 2.75) is 20.0 Å². The summed E-state index contributed by atoms with van der Waals surface area (Å²) in [4.78, 5) is 8.98. The molecule has 0 amide bonds. The Morgan fingerprint density at radius 2 is 1.95 bits per heavy atom. The number of hydrogen-bond acceptors (Lipinski definition) is 4. The zero-order valence-electron chi connectivity index (χ0n) is 12.4. The minimum absolute atomic E-state index is 0.692. The maximum Gasteiger partial charge on any atom is 0.161 e. The van der Waals surface area contributed by atoms with E-state index in [4.69, 9.17) is 0 Å². The molecule has 4 rings (SSSR count). The molecule has 1 N–H and O–H groups in total. The lowest BCUT2D eigenvalue weighted by Crippen LogP contribution is -2.38. The van der Waals surface area contributed by atoms with Gasteiger partial charge in [-0.3, -0.25) is 15.4 Å². The zero-order chi connectivity index (χ0) is 14.9. The van der Waals surface area contributed by atoms with Gasteiger partial charge in [-0.1, -0.05) is 24.3 Å². The van der Waals surface area contributed by atoms with E-state index in [0.717, 1.165) is 23.7 Å². The molecule has 5 heteroatoms. The first-order valence-corrected chi connectivity index (χ1v) is 7.46. The molecule has 22 heavy (non-hydrogen) atoms. The second kappa shape index (κ2) is 5.18. The first-order valence-electron chi connectivity index (χ1n) is 7.46. The highest BCUT2D eigenvalue weighted by Crippen LogP contribution is 2.40. The van der Waals surface area contributed by atoms with Crippen LogP contribution in [0.1, 0.15) is 12.6 Å². The summed E-state index contributed by atoms with van der Waals surface area (Å²) < 4.78 is 2.24. The summed E-state index contributed by atoms with van der Waals surface area (Å²) >= 11 is 0. The van der Waals surface area contributed by atoms with Crippen LogP contribution in [-0.4, -0.2) is 15.9 Å². The Labute approximate surface area is 128 Å². The largest absolute Gasteiger partial charge is 0.324 e. The smallest absolute Gasteiger partial charge is 0.161 e. The van der Waals surface area contributed by atoms with Gasteiger partial charge < -0.3 is 4.57 Å². The van der Waals surface area contributed by atoms with Gasteiger partial charge in [0.15, 0.2) is 5.82 Å². The summed E-state index contributed by atoms with van der Waals surface area (Å²) in [5.41, 5.74) is 6.59. The van der Waals surface area contributed by atoms with E-state index < -0.39 is 0 Å². The SMILES string of the molecule is CCn1c2c(c3ccccc31)N(Cc1ccccn1)NC=N2. The van der Waals surface area contributed by atoms with Crippen molar-refractivity contribution in [3.8, 4) is 0 Å². The molecule has 0 saturated heterocycles. The topological polar surface area (TPSA) is 45.5 Å². The summed E-state index contributed by atoms with van der Waals surface area (Å²) in [7, 11) is 0. The highest BCUT2D eigenvalue weighted by molar-refractivity contribution is 6.02. The Morgan fingerprint density at radius 1 is 1.09 bits per heavy atom. The Balaban J connectivity index is 1.85. The van der Waals surface area contributed by atoms with E-state index in [1.807, 2.05) is 24.4 Å². The number of pyridine rings is 1. The van der Waals surface area contributed by atoms with E-state index in [9.17, 15) is 0 Å². The lowest BCUT2D eigenvalue weighted by molar-refractivity contribution is 0.735. The number of benzene rings is 1. The van der Waals surface area contributed by atoms with Crippen LogP contribution >= 0.6 is 0 Å². The molecule has 1 aromatic carbocycles. The average molecular weight is 291 g/mol. The fraction of sp³-hybridized carbons (Fsp3) is 0.176. The Bertz CT molecular complexity index is 835. The number of hydrazine groups is 1. The van der Waals surface area contributed by atoms with Crippen molar-refractivity contribution in [2.75, 3.05) is 5.01 Å². The monoisotopic (exact) mass is 291 g/mol. The number of nitrogens with zero attached hydrogens (tertiary/aromatic N) is 4. The number of anilines is 1. The maximum atomic E-state index is 4.56. The molecule has 0 aliphatic carbocycles. The van der Waals surface area contributed by atoms with Gasteiger partial charge in [0.05, 0.1) is 17.8 Å². The Morgan fingerprint density at radius 3 is 2.77 bits per heavy atom. The molecular formula is C17H17N5. The normalized spacial score (nSPS) is 13.2. The summed E-state index contributed by atoms with van der Waals surface area (Å²) in [6, 6.07) is 14.4. The molecule has 2 aromatic heterocycles. The highest BCUT2D eigenvalue weighted by atomic mass is 15.5. The minimum Gasteiger partial charge on any atom is -0.324 e. The second-order valence-corrected chi connectivity index (χ2v) is 5.23. The molecule has 0 atom stereocenters. The van der Waals surface area contributed by atoms with Crippen LogP contribution in [-0.2, 0) is 13.1 Å². The molecule has 3 aromatic rings. The van der Waals surface area contributed by atoms with E-state index in [1.165, 1.54) is 10.9 Å². The van der Waals surface area contributed by atoms with Gasteiger partial charge in [-0.2, -0.15) is 0 Å². The Hall–Kier alpha value is -2.82. The van der Waals surface area contributed by atoms with Crippen molar-refractivity contribution >= 4 is 28.7 Å². The van der Waals surface area contributed by atoms with Crippen LogP contribution in [0.3, 0.4) is 0 Å². The maximum absolute atomic E-state index is 4.56. The number of fused-ring (bicyclic) bond motifs is 3. The molecule has 1 aliphatic heterocycles. The lowest BCUT2D eigenvalue weighted by Gasteiger charge is -2.26. The first-order chi connectivity index (χ1) is 10.9. The van der Waals surface area contributed by atoms with Crippen LogP contribution in [0.2, 0.25) is 0 Å². The van der Waals surface area contributed by atoms with Crippen molar-refractivity contribution in [2.24, 2.45) is 4.99 Å². The molecule has 0 spiro atoms. The van der Waals surface area contributed by atoms with Gasteiger partial charge >= 0.3 is 0 Å². The number of hydrogen-bond donors (Lipinski definition) is 1. The van der Waals surface area contributed by atoms with Crippen LogP contribution in [0.5, 0.6) is 0 Å². The van der Waals surface area contributed by atoms with E-state index in [2.05, 4.69) is 56.2 Å². The third-order valence-corrected chi connectivity index (χ3v) is 3.95. The van der Waals surface area contributed by atoms with E-state index in [-0.39, 0.29) is 0 Å². The molecule has 0 radical (unpaired) electrons. The number of nitrogens with one attached hydrogen (secondary N) is 1. The van der Waals surface area contributed by atoms with Gasteiger partial charge in [0.25, 0.3) is 0 Å². The van der Waals surface area contributed by atoms with Crippen LogP contribution < -0.4 is 10.4 Å². The Kier molecular flexibility index (Phi) is 3.04. The average Bonchev–Trinajstić information content (AvgIpc) is 2.90. The second-order valence-electron chi connectivity index (χ2n) is 5.23. The van der Waals surface area contributed by atoms with Crippen LogP contribution in [0.4, 0.5) is 11.5 Å². The van der Waals surface area contributed by atoms with Crippen molar-refractivity contribution in [3.05, 3.63) is 54.4 Å². The number of para-hydroxylation sites is 1. The lowest BCUT2D eigenvalue weighted by atomic mass is 10.2. The van der Waals surface area contributed by atoms with E-state index >= 15 is 0 Å². The molecule has 0 bridgehead atoms. The fourth-order valence-corrected chi connectivity index (χ4v) is 2.99. The molecule has 1 aliphatic rings. The third kappa shape index (κ3) is 1.94. The van der Waals surface area contributed by atoms with Crippen LogP contribution in [0.25, 0.3) is 10.9 Å². The minimum atomic E-state index is 0.692. The van der Waals surface area contributed by atoms with E-state index in [0.29, 0.717) is 6.54 Å². The molecular weight excluding hydrogens is 274 g/mol. The molecule has 3 heterocycles. The number of aryl methyl sites for hydroxylation is 1. The first kappa shape index (κ1) is 12.9. The molecule has 5 nitrogen and oxygen atoms in total.